The Morgan fingerprint density at radius 3 is 2.32 bits per heavy atom. The number of nitro groups is 1. The molecule has 0 atom stereocenters. The molecule has 0 saturated heterocycles. The Morgan fingerprint density at radius 2 is 1.80 bits per heavy atom. The van der Waals surface area contributed by atoms with E-state index in [4.69, 9.17) is 10.2 Å². The molecule has 0 radical (unpaired) electrons. The van der Waals surface area contributed by atoms with Gasteiger partial charge >= 0.3 is 5.88 Å². The summed E-state index contributed by atoms with van der Waals surface area (Å²) in [5, 5.41) is 13.0. The Morgan fingerprint density at radius 1 is 1.16 bits per heavy atom. The quantitative estimate of drug-likeness (QED) is 0.614. The van der Waals surface area contributed by atoms with Crippen molar-refractivity contribution < 1.29 is 23.7 Å². The molecular weight excluding hydrogens is 332 g/mol. The van der Waals surface area contributed by atoms with E-state index in [1.807, 2.05) is 0 Å². The Balaban J connectivity index is 2.33. The largest absolute Gasteiger partial charge is 0.433 e. The Kier molecular flexibility index (Phi) is 4.82. The Bertz CT molecular complexity index is 871. The van der Waals surface area contributed by atoms with Crippen LogP contribution in [0.2, 0.25) is 0 Å². The number of anilines is 1. The van der Waals surface area contributed by atoms with Crippen molar-refractivity contribution in [3.8, 4) is 0 Å². The van der Waals surface area contributed by atoms with Crippen molar-refractivity contribution in [3.05, 3.63) is 57.3 Å². The van der Waals surface area contributed by atoms with Crippen LogP contribution in [-0.2, 0) is 0 Å². The summed E-state index contributed by atoms with van der Waals surface area (Å²) in [7, 11) is 3.05. The lowest BCUT2D eigenvalue weighted by Crippen LogP contribution is -2.23. The molecule has 3 N–H and O–H groups in total. The van der Waals surface area contributed by atoms with Gasteiger partial charge in [0.2, 0.25) is 5.91 Å². The van der Waals surface area contributed by atoms with E-state index < -0.39 is 28.5 Å². The standard InChI is InChI=1S/C15H14N4O6/c1-18(2)15(22)9-5-8(13(16)20)6-10(7-9)17-14(21)11-3-4-12(25-11)19(23)24/h3-7H,1-2H3,(H2,16,20)(H,17,21). The minimum absolute atomic E-state index is 0.0217. The van der Waals surface area contributed by atoms with E-state index in [1.165, 1.54) is 37.2 Å². The van der Waals surface area contributed by atoms with Crippen LogP contribution in [0.25, 0.3) is 0 Å². The number of nitrogens with two attached hydrogens (primary N) is 1. The van der Waals surface area contributed by atoms with Gasteiger partial charge in [0.25, 0.3) is 11.8 Å². The predicted octanol–water partition coefficient (Wildman–Crippen LogP) is 1.24. The molecule has 0 spiro atoms. The molecule has 3 amide bonds. The zero-order chi connectivity index (χ0) is 18.7. The average Bonchev–Trinajstić information content (AvgIpc) is 3.04. The van der Waals surface area contributed by atoms with Gasteiger partial charge in [-0.05, 0) is 24.3 Å². The summed E-state index contributed by atoms with van der Waals surface area (Å²) in [6.07, 6.45) is 0. The highest BCUT2D eigenvalue weighted by atomic mass is 16.6. The fourth-order valence-corrected chi connectivity index (χ4v) is 1.96. The van der Waals surface area contributed by atoms with Crippen LogP contribution in [0.5, 0.6) is 0 Å². The smallest absolute Gasteiger partial charge is 0.395 e. The molecule has 0 bridgehead atoms. The number of hydrogen-bond donors (Lipinski definition) is 2. The number of benzene rings is 1. The number of carbonyl (C=O) groups excluding carboxylic acids is 3. The van der Waals surface area contributed by atoms with Gasteiger partial charge in [-0.3, -0.25) is 24.5 Å². The molecule has 0 saturated carbocycles. The van der Waals surface area contributed by atoms with Crippen LogP contribution in [0, 0.1) is 10.1 Å². The number of amides is 3. The zero-order valence-corrected chi connectivity index (χ0v) is 13.3. The van der Waals surface area contributed by atoms with E-state index >= 15 is 0 Å². The summed E-state index contributed by atoms with van der Waals surface area (Å²) >= 11 is 0. The molecule has 10 heteroatoms. The number of carbonyl (C=O) groups is 3. The van der Waals surface area contributed by atoms with Crippen molar-refractivity contribution in [1.29, 1.82) is 0 Å². The molecule has 2 rings (SSSR count). The number of primary amides is 1. The average molecular weight is 346 g/mol. The lowest BCUT2D eigenvalue weighted by Gasteiger charge is -2.13. The van der Waals surface area contributed by atoms with Crippen LogP contribution in [0.15, 0.2) is 34.7 Å². The van der Waals surface area contributed by atoms with Gasteiger partial charge in [-0.15, -0.1) is 0 Å². The molecule has 25 heavy (non-hydrogen) atoms. The third-order valence-electron chi connectivity index (χ3n) is 3.12. The second-order valence-electron chi connectivity index (χ2n) is 5.21. The first-order valence-corrected chi connectivity index (χ1v) is 6.91. The zero-order valence-electron chi connectivity index (χ0n) is 13.3. The second kappa shape index (κ2) is 6.83. The number of nitrogens with zero attached hydrogens (tertiary/aromatic N) is 2. The summed E-state index contributed by atoms with van der Waals surface area (Å²) in [4.78, 5) is 46.7. The van der Waals surface area contributed by atoms with Crippen LogP contribution in [0.3, 0.4) is 0 Å². The third-order valence-corrected chi connectivity index (χ3v) is 3.12. The van der Waals surface area contributed by atoms with Crippen molar-refractivity contribution in [2.45, 2.75) is 0 Å². The van der Waals surface area contributed by atoms with Crippen LogP contribution in [0.4, 0.5) is 11.6 Å². The van der Waals surface area contributed by atoms with E-state index in [-0.39, 0.29) is 22.6 Å². The maximum absolute atomic E-state index is 12.1. The molecule has 10 nitrogen and oxygen atoms in total. The third kappa shape index (κ3) is 3.99. The predicted molar refractivity (Wildman–Crippen MR) is 86.3 cm³/mol. The number of nitrogens with one attached hydrogen (secondary N) is 1. The fourth-order valence-electron chi connectivity index (χ4n) is 1.96. The Labute approximate surface area is 141 Å². The van der Waals surface area contributed by atoms with Crippen molar-refractivity contribution in [2.24, 2.45) is 5.73 Å². The van der Waals surface area contributed by atoms with Gasteiger partial charge in [0, 0.05) is 30.9 Å². The molecule has 130 valence electrons. The van der Waals surface area contributed by atoms with Crippen LogP contribution < -0.4 is 11.1 Å². The number of furan rings is 1. The molecule has 0 aliphatic carbocycles. The molecule has 0 aliphatic rings. The highest BCUT2D eigenvalue weighted by molar-refractivity contribution is 6.05. The van der Waals surface area contributed by atoms with Gasteiger partial charge < -0.3 is 20.4 Å². The fraction of sp³-hybridized carbons (Fsp3) is 0.133. The first-order chi connectivity index (χ1) is 11.7. The summed E-state index contributed by atoms with van der Waals surface area (Å²) in [5.41, 5.74) is 5.52. The number of hydrogen-bond acceptors (Lipinski definition) is 6. The molecule has 0 aliphatic heterocycles. The first kappa shape index (κ1) is 17.7. The molecule has 1 aromatic carbocycles. The van der Waals surface area contributed by atoms with Gasteiger partial charge in [-0.1, -0.05) is 0 Å². The van der Waals surface area contributed by atoms with E-state index in [9.17, 15) is 24.5 Å². The molecule has 1 aromatic heterocycles. The minimum Gasteiger partial charge on any atom is -0.395 e. The molecule has 0 fully saturated rings. The van der Waals surface area contributed by atoms with Crippen LogP contribution in [-0.4, -0.2) is 41.6 Å². The van der Waals surface area contributed by atoms with E-state index in [1.54, 1.807) is 0 Å². The maximum Gasteiger partial charge on any atom is 0.433 e. The van der Waals surface area contributed by atoms with Gasteiger partial charge in [0.1, 0.15) is 4.92 Å². The van der Waals surface area contributed by atoms with Crippen LogP contribution >= 0.6 is 0 Å². The lowest BCUT2D eigenvalue weighted by atomic mass is 10.1. The van der Waals surface area contributed by atoms with Gasteiger partial charge in [0.05, 0.1) is 6.07 Å². The van der Waals surface area contributed by atoms with E-state index in [0.29, 0.717) is 0 Å². The topological polar surface area (TPSA) is 149 Å². The van der Waals surface area contributed by atoms with E-state index in [2.05, 4.69) is 5.32 Å². The van der Waals surface area contributed by atoms with Crippen molar-refractivity contribution >= 4 is 29.3 Å². The molecule has 1 heterocycles. The van der Waals surface area contributed by atoms with Gasteiger partial charge in [-0.25, -0.2) is 0 Å². The molecular formula is C15H14N4O6. The SMILES string of the molecule is CN(C)C(=O)c1cc(NC(=O)c2ccc([N+](=O)[O-])o2)cc(C(N)=O)c1. The Hall–Kier alpha value is -3.69. The summed E-state index contributed by atoms with van der Waals surface area (Å²) < 4.78 is 4.79. The summed E-state index contributed by atoms with van der Waals surface area (Å²) in [5.74, 6) is -2.83. The molecule has 0 unspecified atom stereocenters. The maximum atomic E-state index is 12.1. The summed E-state index contributed by atoms with van der Waals surface area (Å²) in [6.45, 7) is 0. The highest BCUT2D eigenvalue weighted by Gasteiger charge is 2.19. The first-order valence-electron chi connectivity index (χ1n) is 6.91. The normalized spacial score (nSPS) is 10.2. The summed E-state index contributed by atoms with van der Waals surface area (Å²) in [6, 6.07) is 6.11. The van der Waals surface area contributed by atoms with Crippen molar-refractivity contribution in [3.63, 3.8) is 0 Å². The minimum atomic E-state index is -0.780. The monoisotopic (exact) mass is 346 g/mol. The molecule has 2 aromatic rings. The van der Waals surface area contributed by atoms with Crippen molar-refractivity contribution in [2.75, 3.05) is 19.4 Å². The second-order valence-corrected chi connectivity index (χ2v) is 5.21. The van der Waals surface area contributed by atoms with Crippen molar-refractivity contribution in [1.82, 2.24) is 4.90 Å². The van der Waals surface area contributed by atoms with Gasteiger partial charge in [-0.2, -0.15) is 0 Å². The number of rotatable bonds is 5. The lowest BCUT2D eigenvalue weighted by molar-refractivity contribution is -0.402. The highest BCUT2D eigenvalue weighted by Crippen LogP contribution is 2.20. The van der Waals surface area contributed by atoms with Gasteiger partial charge in [0.15, 0.2) is 5.76 Å². The van der Waals surface area contributed by atoms with Crippen LogP contribution in [0.1, 0.15) is 31.3 Å². The van der Waals surface area contributed by atoms with E-state index in [0.717, 1.165) is 12.1 Å².